The fourth-order valence-electron chi connectivity index (χ4n) is 0.536. The van der Waals surface area contributed by atoms with E-state index in [9.17, 15) is 0 Å². The molecule has 1 saturated heterocycles. The first-order chi connectivity index (χ1) is 3.30. The summed E-state index contributed by atoms with van der Waals surface area (Å²) in [5.41, 5.74) is 0. The van der Waals surface area contributed by atoms with Crippen LogP contribution in [-0.4, -0.2) is 34.8 Å². The first-order valence-electron chi connectivity index (χ1n) is 2.17. The van der Waals surface area contributed by atoms with E-state index in [1.54, 1.807) is 0 Å². The number of rotatable bonds is 0. The highest BCUT2D eigenvalue weighted by Gasteiger charge is 2.17. The van der Waals surface area contributed by atoms with Crippen molar-refractivity contribution >= 4 is 0 Å². The number of hydrogen-bond donors (Lipinski definition) is 3. The smallest absolute Gasteiger partial charge is 0.185 e. The van der Waals surface area contributed by atoms with Gasteiger partial charge in [0.1, 0.15) is 0 Å². The predicted octanol–water partition coefficient (Wildman–Crippen LogP) is -1.44. The lowest BCUT2D eigenvalue weighted by atomic mass is 10.7. The molecule has 42 valence electrons. The Bertz CT molecular complexity index is 60.0. The van der Waals surface area contributed by atoms with Gasteiger partial charge in [-0.05, 0) is 0 Å². The van der Waals surface area contributed by atoms with E-state index in [1.807, 2.05) is 0 Å². The molecular formula is C3H8N2O2. The van der Waals surface area contributed by atoms with Gasteiger partial charge in [-0.3, -0.25) is 5.32 Å². The van der Waals surface area contributed by atoms with Crippen LogP contribution in [0.1, 0.15) is 0 Å². The largest absolute Gasteiger partial charge is 0.364 e. The molecule has 0 aromatic rings. The van der Waals surface area contributed by atoms with Crippen LogP contribution >= 0.6 is 0 Å². The topological polar surface area (TPSA) is 55.7 Å². The maximum Gasteiger partial charge on any atom is 0.185 e. The van der Waals surface area contributed by atoms with Crippen molar-refractivity contribution in [2.75, 3.05) is 13.1 Å². The molecule has 7 heavy (non-hydrogen) atoms. The summed E-state index contributed by atoms with van der Waals surface area (Å²) in [6.07, 6.45) is -0.847. The van der Waals surface area contributed by atoms with Gasteiger partial charge in [-0.2, -0.15) is 0 Å². The minimum atomic E-state index is -0.847. The van der Waals surface area contributed by atoms with Gasteiger partial charge in [-0.15, -0.1) is 5.06 Å². The fourth-order valence-corrected chi connectivity index (χ4v) is 0.536. The van der Waals surface area contributed by atoms with Crippen LogP contribution in [0.5, 0.6) is 0 Å². The molecule has 3 N–H and O–H groups in total. The standard InChI is InChI=1S/C3H8N2O2/c6-3-4-1-2-5(3)7/h3-4,6-7H,1-2H2. The summed E-state index contributed by atoms with van der Waals surface area (Å²) >= 11 is 0. The van der Waals surface area contributed by atoms with Crippen LogP contribution in [0, 0.1) is 0 Å². The summed E-state index contributed by atoms with van der Waals surface area (Å²) in [5, 5.41) is 20.5. The van der Waals surface area contributed by atoms with Crippen LogP contribution in [0.25, 0.3) is 0 Å². The van der Waals surface area contributed by atoms with E-state index in [4.69, 9.17) is 10.3 Å². The second-order valence-electron chi connectivity index (χ2n) is 1.49. The Labute approximate surface area is 41.3 Å². The zero-order valence-electron chi connectivity index (χ0n) is 3.83. The molecule has 0 bridgehead atoms. The Morgan fingerprint density at radius 2 is 2.43 bits per heavy atom. The van der Waals surface area contributed by atoms with Gasteiger partial charge in [-0.25, -0.2) is 0 Å². The molecule has 1 aliphatic heterocycles. The molecule has 0 aromatic carbocycles. The second kappa shape index (κ2) is 1.75. The number of aliphatic hydroxyl groups is 1. The van der Waals surface area contributed by atoms with E-state index in [-0.39, 0.29) is 0 Å². The zero-order chi connectivity index (χ0) is 5.28. The average molecular weight is 104 g/mol. The summed E-state index contributed by atoms with van der Waals surface area (Å²) < 4.78 is 0. The minimum Gasteiger partial charge on any atom is -0.364 e. The summed E-state index contributed by atoms with van der Waals surface area (Å²) in [5.74, 6) is 0. The van der Waals surface area contributed by atoms with E-state index >= 15 is 0 Å². The van der Waals surface area contributed by atoms with Crippen LogP contribution in [0.4, 0.5) is 0 Å². The normalized spacial score (nSPS) is 34.3. The Balaban J connectivity index is 2.33. The van der Waals surface area contributed by atoms with Crippen molar-refractivity contribution in [3.63, 3.8) is 0 Å². The summed E-state index contributed by atoms with van der Waals surface area (Å²) in [4.78, 5) is 0. The van der Waals surface area contributed by atoms with Gasteiger partial charge in [0.05, 0.1) is 0 Å². The molecule has 1 aliphatic rings. The molecule has 1 atom stereocenters. The first-order valence-corrected chi connectivity index (χ1v) is 2.17. The molecule has 0 amide bonds. The van der Waals surface area contributed by atoms with Crippen LogP contribution in [-0.2, 0) is 0 Å². The lowest BCUT2D eigenvalue weighted by Gasteiger charge is -2.08. The van der Waals surface area contributed by atoms with E-state index in [1.165, 1.54) is 0 Å². The van der Waals surface area contributed by atoms with Crippen LogP contribution in [0.15, 0.2) is 0 Å². The van der Waals surface area contributed by atoms with E-state index in [0.717, 1.165) is 5.06 Å². The van der Waals surface area contributed by atoms with Gasteiger partial charge in [0, 0.05) is 13.1 Å². The molecule has 4 heteroatoms. The van der Waals surface area contributed by atoms with Crippen molar-refractivity contribution in [2.45, 2.75) is 6.35 Å². The molecular weight excluding hydrogens is 96.0 g/mol. The number of hydrogen-bond acceptors (Lipinski definition) is 4. The SMILES string of the molecule is OC1NCCN1O. The maximum absolute atomic E-state index is 8.56. The predicted molar refractivity (Wildman–Crippen MR) is 22.5 cm³/mol. The van der Waals surface area contributed by atoms with Crippen molar-refractivity contribution in [3.8, 4) is 0 Å². The molecule has 0 aliphatic carbocycles. The highest BCUT2D eigenvalue weighted by atomic mass is 16.5. The van der Waals surface area contributed by atoms with Gasteiger partial charge >= 0.3 is 0 Å². The monoisotopic (exact) mass is 104 g/mol. The third-order valence-electron chi connectivity index (χ3n) is 0.950. The van der Waals surface area contributed by atoms with Crippen LogP contribution in [0.2, 0.25) is 0 Å². The van der Waals surface area contributed by atoms with E-state index < -0.39 is 6.35 Å². The maximum atomic E-state index is 8.56. The number of nitrogens with one attached hydrogen (secondary N) is 1. The van der Waals surface area contributed by atoms with Gasteiger partial charge in [-0.1, -0.05) is 0 Å². The molecule has 0 aromatic heterocycles. The number of nitrogens with zero attached hydrogens (tertiary/aromatic N) is 1. The lowest BCUT2D eigenvalue weighted by Crippen LogP contribution is -2.32. The van der Waals surface area contributed by atoms with Crippen LogP contribution < -0.4 is 5.32 Å². The molecule has 1 unspecified atom stereocenters. The summed E-state index contributed by atoms with van der Waals surface area (Å²) in [7, 11) is 0. The molecule has 0 radical (unpaired) electrons. The van der Waals surface area contributed by atoms with Crippen LogP contribution in [0.3, 0.4) is 0 Å². The van der Waals surface area contributed by atoms with E-state index in [0.29, 0.717) is 13.1 Å². The zero-order valence-corrected chi connectivity index (χ0v) is 3.83. The molecule has 1 heterocycles. The Morgan fingerprint density at radius 3 is 2.57 bits per heavy atom. The van der Waals surface area contributed by atoms with Crippen molar-refractivity contribution in [1.82, 2.24) is 10.4 Å². The highest BCUT2D eigenvalue weighted by molar-refractivity contribution is 4.59. The Kier molecular flexibility index (Phi) is 1.25. The second-order valence-corrected chi connectivity index (χ2v) is 1.49. The van der Waals surface area contributed by atoms with Crippen molar-refractivity contribution < 1.29 is 10.3 Å². The average Bonchev–Trinajstić information content (AvgIpc) is 1.91. The van der Waals surface area contributed by atoms with Crippen molar-refractivity contribution in [2.24, 2.45) is 0 Å². The van der Waals surface area contributed by atoms with Gasteiger partial charge in [0.25, 0.3) is 0 Å². The lowest BCUT2D eigenvalue weighted by molar-refractivity contribution is -0.176. The summed E-state index contributed by atoms with van der Waals surface area (Å²) in [6.45, 7) is 1.15. The van der Waals surface area contributed by atoms with Gasteiger partial charge in [0.15, 0.2) is 6.35 Å². The van der Waals surface area contributed by atoms with Gasteiger partial charge < -0.3 is 10.3 Å². The molecule has 0 saturated carbocycles. The number of aliphatic hydroxyl groups excluding tert-OH is 1. The third-order valence-corrected chi connectivity index (χ3v) is 0.950. The molecule has 1 fully saturated rings. The Hall–Kier alpha value is -0.160. The van der Waals surface area contributed by atoms with E-state index in [2.05, 4.69) is 5.32 Å². The molecule has 0 spiro atoms. The number of hydroxylamine groups is 2. The molecule has 1 rings (SSSR count). The van der Waals surface area contributed by atoms with Crippen molar-refractivity contribution in [3.05, 3.63) is 0 Å². The molecule has 4 nitrogen and oxygen atoms in total. The summed E-state index contributed by atoms with van der Waals surface area (Å²) in [6, 6.07) is 0. The quantitative estimate of drug-likeness (QED) is 0.352. The highest BCUT2D eigenvalue weighted by Crippen LogP contribution is 1.91. The minimum absolute atomic E-state index is 0.501. The van der Waals surface area contributed by atoms with Gasteiger partial charge in [0.2, 0.25) is 0 Å². The Morgan fingerprint density at radius 1 is 1.71 bits per heavy atom. The van der Waals surface area contributed by atoms with Crippen molar-refractivity contribution in [1.29, 1.82) is 0 Å². The fraction of sp³-hybridized carbons (Fsp3) is 1.00. The first kappa shape index (κ1) is 4.99. The third kappa shape index (κ3) is 0.889.